The molecule has 4 rings (SSSR count). The number of nitrogens with zero attached hydrogens (tertiary/aromatic N) is 1. The van der Waals surface area contributed by atoms with E-state index in [-0.39, 0.29) is 12.8 Å². The number of aliphatic carboxylic acids is 2. The number of carboxylic acid groups (broad SMARTS) is 2. The molecule has 0 atom stereocenters. The molecular formula is C35H37NO6. The van der Waals surface area contributed by atoms with Crippen molar-refractivity contribution in [1.29, 1.82) is 0 Å². The summed E-state index contributed by atoms with van der Waals surface area (Å²) in [6, 6.07) is 17.8. The molecule has 4 aromatic rings. The molecule has 0 saturated heterocycles. The molecule has 0 spiro atoms. The van der Waals surface area contributed by atoms with Gasteiger partial charge in [0.05, 0.1) is 6.42 Å². The quantitative estimate of drug-likeness (QED) is 0.123. The first-order valence-electron chi connectivity index (χ1n) is 14.0. The number of fused-ring (bicyclic) bond motifs is 1. The molecule has 0 radical (unpaired) electrons. The summed E-state index contributed by atoms with van der Waals surface area (Å²) in [6.07, 6.45) is 10.1. The molecule has 0 amide bonds. The number of carboxylic acids is 2. The fourth-order valence-corrected chi connectivity index (χ4v) is 5.16. The highest BCUT2D eigenvalue weighted by atomic mass is 16.5. The molecule has 1 heterocycles. The molecule has 0 unspecified atom stereocenters. The second kappa shape index (κ2) is 14.2. The number of hydrogen-bond acceptors (Lipinski definition) is 4. The second-order valence-electron chi connectivity index (χ2n) is 10.4. The lowest BCUT2D eigenvalue weighted by molar-refractivity contribution is -0.137. The van der Waals surface area contributed by atoms with Crippen molar-refractivity contribution in [2.24, 2.45) is 0 Å². The monoisotopic (exact) mass is 567 g/mol. The first-order chi connectivity index (χ1) is 20.2. The number of hydrogen-bond donors (Lipinski definition) is 2. The normalized spacial score (nSPS) is 11.5. The summed E-state index contributed by atoms with van der Waals surface area (Å²) < 4.78 is 13.7. The fraction of sp³-hybridized carbons (Fsp3) is 0.257. The molecule has 0 fully saturated rings. The van der Waals surface area contributed by atoms with Crippen LogP contribution in [0.25, 0.3) is 23.1 Å². The van der Waals surface area contributed by atoms with Crippen LogP contribution in [0.4, 0.5) is 0 Å². The number of aromatic nitrogens is 1. The molecule has 7 nitrogen and oxygen atoms in total. The highest BCUT2D eigenvalue weighted by Crippen LogP contribution is 2.28. The van der Waals surface area contributed by atoms with Gasteiger partial charge < -0.3 is 24.3 Å². The van der Waals surface area contributed by atoms with Crippen LogP contribution in [0.3, 0.4) is 0 Å². The summed E-state index contributed by atoms with van der Waals surface area (Å²) in [5.74, 6) is -0.0696. The van der Waals surface area contributed by atoms with Crippen molar-refractivity contribution in [2.45, 2.75) is 46.6 Å². The van der Waals surface area contributed by atoms with Crippen LogP contribution in [0.2, 0.25) is 0 Å². The van der Waals surface area contributed by atoms with Gasteiger partial charge in [0.15, 0.2) is 0 Å². The van der Waals surface area contributed by atoms with Gasteiger partial charge in [-0.1, -0.05) is 54.1 Å². The van der Waals surface area contributed by atoms with Gasteiger partial charge in [-0.05, 0) is 85.4 Å². The van der Waals surface area contributed by atoms with Gasteiger partial charge in [0, 0.05) is 30.1 Å². The summed E-state index contributed by atoms with van der Waals surface area (Å²) >= 11 is 0. The maximum absolute atomic E-state index is 11.5. The third-order valence-electron chi connectivity index (χ3n) is 6.93. The van der Waals surface area contributed by atoms with Gasteiger partial charge in [0.25, 0.3) is 0 Å². The minimum absolute atomic E-state index is 0.0609. The number of benzene rings is 3. The van der Waals surface area contributed by atoms with E-state index in [1.807, 2.05) is 77.5 Å². The Bertz CT molecular complexity index is 1590. The molecule has 42 heavy (non-hydrogen) atoms. The number of rotatable bonds is 14. The van der Waals surface area contributed by atoms with Crippen LogP contribution >= 0.6 is 0 Å². The third kappa shape index (κ3) is 8.13. The number of ether oxygens (including phenoxy) is 2. The molecule has 0 saturated carbocycles. The minimum Gasteiger partial charge on any atom is -0.490 e. The Hall–Kier alpha value is -4.78. The van der Waals surface area contributed by atoms with E-state index in [0.717, 1.165) is 44.7 Å². The maximum atomic E-state index is 11.5. The molecule has 0 bridgehead atoms. The molecule has 218 valence electrons. The smallest absolute Gasteiger partial charge is 0.307 e. The second-order valence-corrected chi connectivity index (χ2v) is 10.4. The van der Waals surface area contributed by atoms with Gasteiger partial charge in [-0.25, -0.2) is 0 Å². The van der Waals surface area contributed by atoms with E-state index in [2.05, 4.69) is 32.9 Å². The molecule has 1 aromatic heterocycles. The summed E-state index contributed by atoms with van der Waals surface area (Å²) in [5.41, 5.74) is 6.98. The summed E-state index contributed by atoms with van der Waals surface area (Å²) in [4.78, 5) is 22.5. The van der Waals surface area contributed by atoms with Crippen molar-refractivity contribution in [3.05, 3.63) is 106 Å². The van der Waals surface area contributed by atoms with Crippen LogP contribution in [0.1, 0.15) is 46.2 Å². The Morgan fingerprint density at radius 2 is 1.55 bits per heavy atom. The van der Waals surface area contributed by atoms with Crippen molar-refractivity contribution in [1.82, 2.24) is 4.57 Å². The Kier molecular flexibility index (Phi) is 10.2. The first kappa shape index (κ1) is 30.2. The Labute approximate surface area is 246 Å². The zero-order valence-electron chi connectivity index (χ0n) is 24.3. The van der Waals surface area contributed by atoms with Gasteiger partial charge in [0.2, 0.25) is 0 Å². The van der Waals surface area contributed by atoms with Crippen LogP contribution in [0.15, 0.2) is 72.9 Å². The SMILES string of the molecule is Cc1cc(C)c(OC/C=C/COc2ccc(C=Cc3cccc4c3c(CC(=O)O)cn4CCCC(=O)O)cc2)c(C)c1. The molecule has 0 aliphatic carbocycles. The van der Waals surface area contributed by atoms with E-state index in [1.165, 1.54) is 5.56 Å². The van der Waals surface area contributed by atoms with E-state index in [1.54, 1.807) is 0 Å². The topological polar surface area (TPSA) is 98.0 Å². The van der Waals surface area contributed by atoms with Gasteiger partial charge in [-0.2, -0.15) is 0 Å². The Balaban J connectivity index is 1.37. The van der Waals surface area contributed by atoms with E-state index >= 15 is 0 Å². The zero-order valence-corrected chi connectivity index (χ0v) is 24.3. The maximum Gasteiger partial charge on any atom is 0.307 e. The Morgan fingerprint density at radius 1 is 0.857 bits per heavy atom. The zero-order chi connectivity index (χ0) is 30.1. The average molecular weight is 568 g/mol. The lowest BCUT2D eigenvalue weighted by atomic mass is 10.0. The molecule has 0 aliphatic rings. The third-order valence-corrected chi connectivity index (χ3v) is 6.93. The summed E-state index contributed by atoms with van der Waals surface area (Å²) in [6.45, 7) is 7.61. The Morgan fingerprint density at radius 3 is 2.21 bits per heavy atom. The fourth-order valence-electron chi connectivity index (χ4n) is 5.16. The van der Waals surface area contributed by atoms with Gasteiger partial charge >= 0.3 is 11.9 Å². The highest BCUT2D eigenvalue weighted by molar-refractivity contribution is 5.96. The van der Waals surface area contributed by atoms with Crippen molar-refractivity contribution < 1.29 is 29.3 Å². The van der Waals surface area contributed by atoms with E-state index in [0.29, 0.717) is 31.7 Å². The van der Waals surface area contributed by atoms with Crippen LogP contribution in [0.5, 0.6) is 11.5 Å². The van der Waals surface area contributed by atoms with E-state index in [9.17, 15) is 14.7 Å². The number of aryl methyl sites for hydroxylation is 4. The lowest BCUT2D eigenvalue weighted by Gasteiger charge is -2.11. The van der Waals surface area contributed by atoms with Crippen molar-refractivity contribution in [3.8, 4) is 11.5 Å². The van der Waals surface area contributed by atoms with Crippen LogP contribution in [0, 0.1) is 20.8 Å². The standard InChI is InChI=1S/C35H37NO6/c1-24-20-25(2)35(26(3)21-24)42-19-5-4-18-41-30-15-12-27(13-16-30)11-14-28-8-6-9-31-34(28)29(22-33(39)40)23-36(31)17-7-10-32(37)38/h4-6,8-9,11-16,20-21,23H,7,10,17-19,22H2,1-3H3,(H,37,38)(H,39,40)/b5-4+,14-11?. The van der Waals surface area contributed by atoms with Gasteiger partial charge in [0.1, 0.15) is 24.7 Å². The van der Waals surface area contributed by atoms with Gasteiger partial charge in [-0.15, -0.1) is 0 Å². The summed E-state index contributed by atoms with van der Waals surface area (Å²) in [7, 11) is 0. The van der Waals surface area contributed by atoms with Crippen LogP contribution in [-0.2, 0) is 22.6 Å². The van der Waals surface area contributed by atoms with E-state index < -0.39 is 11.9 Å². The lowest BCUT2D eigenvalue weighted by Crippen LogP contribution is -2.01. The van der Waals surface area contributed by atoms with Crippen molar-refractivity contribution in [3.63, 3.8) is 0 Å². The number of carbonyl (C=O) groups is 2. The van der Waals surface area contributed by atoms with Gasteiger partial charge in [-0.3, -0.25) is 9.59 Å². The van der Waals surface area contributed by atoms with Crippen molar-refractivity contribution >= 4 is 35.0 Å². The minimum atomic E-state index is -0.909. The summed E-state index contributed by atoms with van der Waals surface area (Å²) in [5, 5.41) is 19.3. The molecule has 3 aromatic carbocycles. The molecule has 0 aliphatic heterocycles. The van der Waals surface area contributed by atoms with Crippen LogP contribution < -0.4 is 9.47 Å². The van der Waals surface area contributed by atoms with Crippen molar-refractivity contribution in [2.75, 3.05) is 13.2 Å². The van der Waals surface area contributed by atoms with Crippen LogP contribution in [-0.4, -0.2) is 39.9 Å². The highest BCUT2D eigenvalue weighted by Gasteiger charge is 2.14. The predicted molar refractivity (Wildman–Crippen MR) is 166 cm³/mol. The largest absolute Gasteiger partial charge is 0.490 e. The van der Waals surface area contributed by atoms with E-state index in [4.69, 9.17) is 14.6 Å². The molecule has 7 heteroatoms. The molecular weight excluding hydrogens is 530 g/mol. The molecule has 2 N–H and O–H groups in total. The predicted octanol–water partition coefficient (Wildman–Crippen LogP) is 7.24. The first-order valence-corrected chi connectivity index (χ1v) is 14.0. The average Bonchev–Trinajstić information content (AvgIpc) is 3.28.